The monoisotopic (exact) mass is 420 g/mol. The number of nitrogens with one attached hydrogen (secondary N) is 1. The maximum Gasteiger partial charge on any atom is 0.410 e. The third-order valence-electron chi connectivity index (χ3n) is 5.47. The van der Waals surface area contributed by atoms with Crippen molar-refractivity contribution in [2.45, 2.75) is 77.4 Å². The van der Waals surface area contributed by atoms with Crippen molar-refractivity contribution in [2.24, 2.45) is 5.92 Å². The number of nitrogens with zero attached hydrogens (tertiary/aromatic N) is 1. The number of rotatable bonds is 7. The molecule has 5 atom stereocenters. The Balaban J connectivity index is 2.04. The Morgan fingerprint density at radius 1 is 1.20 bits per heavy atom. The molecular weight excluding hydrogens is 384 g/mol. The second kappa shape index (κ2) is 10.3. The summed E-state index contributed by atoms with van der Waals surface area (Å²) in [6.07, 6.45) is -0.0830. The van der Waals surface area contributed by atoms with Crippen LogP contribution in [0.4, 0.5) is 4.79 Å². The van der Waals surface area contributed by atoms with E-state index in [-0.39, 0.29) is 18.0 Å². The number of carbonyl (C=O) groups excluding carboxylic acids is 2. The molecule has 1 aromatic rings. The van der Waals surface area contributed by atoms with Gasteiger partial charge in [0.15, 0.2) is 0 Å². The number of benzene rings is 1. The Hall–Kier alpha value is -2.12. The molecule has 0 spiro atoms. The van der Waals surface area contributed by atoms with E-state index < -0.39 is 29.8 Å². The highest BCUT2D eigenvalue weighted by atomic mass is 16.6. The highest BCUT2D eigenvalue weighted by molar-refractivity contribution is 5.79. The van der Waals surface area contributed by atoms with Crippen molar-refractivity contribution in [1.82, 2.24) is 10.2 Å². The summed E-state index contributed by atoms with van der Waals surface area (Å²) in [5.74, 6) is -0.728. The van der Waals surface area contributed by atoms with Crippen molar-refractivity contribution in [3.63, 3.8) is 0 Å². The van der Waals surface area contributed by atoms with Crippen LogP contribution in [0.2, 0.25) is 0 Å². The topological polar surface area (TPSA) is 88.1 Å². The minimum absolute atomic E-state index is 0.222. The molecule has 1 saturated heterocycles. The van der Waals surface area contributed by atoms with Gasteiger partial charge in [-0.3, -0.25) is 4.79 Å². The predicted molar refractivity (Wildman–Crippen MR) is 115 cm³/mol. The van der Waals surface area contributed by atoms with Gasteiger partial charge in [-0.25, -0.2) is 4.79 Å². The molecule has 0 aromatic heterocycles. The smallest absolute Gasteiger partial charge is 0.410 e. The van der Waals surface area contributed by atoms with Gasteiger partial charge >= 0.3 is 6.09 Å². The van der Waals surface area contributed by atoms with Gasteiger partial charge in [0, 0.05) is 13.7 Å². The van der Waals surface area contributed by atoms with E-state index in [1.807, 2.05) is 51.1 Å². The Bertz CT molecular complexity index is 703. The van der Waals surface area contributed by atoms with Crippen LogP contribution in [0.3, 0.4) is 0 Å². The van der Waals surface area contributed by atoms with Gasteiger partial charge in [0.1, 0.15) is 5.60 Å². The number of hydrogen-bond acceptors (Lipinski definition) is 5. The van der Waals surface area contributed by atoms with Crippen LogP contribution in [0.25, 0.3) is 0 Å². The highest BCUT2D eigenvalue weighted by Gasteiger charge is 2.41. The molecule has 1 aliphatic rings. The summed E-state index contributed by atoms with van der Waals surface area (Å²) in [6, 6.07) is 8.52. The third kappa shape index (κ3) is 6.19. The molecule has 1 heterocycles. The number of aliphatic hydroxyl groups excluding tert-OH is 1. The first-order chi connectivity index (χ1) is 14.0. The predicted octanol–water partition coefficient (Wildman–Crippen LogP) is 3.28. The summed E-state index contributed by atoms with van der Waals surface area (Å²) in [4.78, 5) is 27.2. The van der Waals surface area contributed by atoms with Crippen LogP contribution in [0.5, 0.6) is 0 Å². The lowest BCUT2D eigenvalue weighted by Crippen LogP contribution is -2.51. The number of hydrogen-bond donors (Lipinski definition) is 2. The van der Waals surface area contributed by atoms with Crippen LogP contribution >= 0.6 is 0 Å². The lowest BCUT2D eigenvalue weighted by atomic mass is 9.94. The van der Waals surface area contributed by atoms with Gasteiger partial charge in [-0.1, -0.05) is 37.3 Å². The van der Waals surface area contributed by atoms with Crippen molar-refractivity contribution in [3.8, 4) is 0 Å². The van der Waals surface area contributed by atoms with Gasteiger partial charge in [-0.2, -0.15) is 0 Å². The van der Waals surface area contributed by atoms with E-state index in [2.05, 4.69) is 5.32 Å². The van der Waals surface area contributed by atoms with Crippen molar-refractivity contribution < 1.29 is 24.2 Å². The average Bonchev–Trinajstić information content (AvgIpc) is 3.16. The largest absolute Gasteiger partial charge is 0.444 e. The lowest BCUT2D eigenvalue weighted by Gasteiger charge is -2.35. The molecule has 1 aromatic carbocycles. The van der Waals surface area contributed by atoms with Crippen LogP contribution in [-0.2, 0) is 14.3 Å². The van der Waals surface area contributed by atoms with Crippen LogP contribution < -0.4 is 5.32 Å². The Morgan fingerprint density at radius 3 is 2.40 bits per heavy atom. The van der Waals surface area contributed by atoms with Crippen LogP contribution in [0, 0.1) is 5.92 Å². The first-order valence-electron chi connectivity index (χ1n) is 10.6. The van der Waals surface area contributed by atoms with E-state index in [0.717, 1.165) is 18.4 Å². The van der Waals surface area contributed by atoms with Crippen molar-refractivity contribution in [3.05, 3.63) is 35.9 Å². The number of carbonyl (C=O) groups is 2. The Labute approximate surface area is 179 Å². The van der Waals surface area contributed by atoms with Gasteiger partial charge in [-0.05, 0) is 46.1 Å². The van der Waals surface area contributed by atoms with Gasteiger partial charge in [-0.15, -0.1) is 0 Å². The summed E-state index contributed by atoms with van der Waals surface area (Å²) in [5.41, 5.74) is 0.159. The number of amides is 2. The molecule has 7 nitrogen and oxygen atoms in total. The second-order valence-electron chi connectivity index (χ2n) is 9.03. The number of likely N-dealkylation sites (tertiary alicyclic amines) is 1. The number of ether oxygens (including phenoxy) is 2. The van der Waals surface area contributed by atoms with Crippen molar-refractivity contribution in [2.75, 3.05) is 13.7 Å². The molecule has 2 amide bonds. The molecule has 168 valence electrons. The standard InChI is InChI=1S/C23H36N2O5/c1-15(21(27)24-16(2)19(26)17-11-8-7-9-12-17)20(29-6)18-13-10-14-25(18)22(28)30-23(3,4)5/h7-9,11-12,15-16,18-20,26H,10,13-14H2,1-6H3,(H,24,27)/t15-,16-,18+,19+,20-/m1/s1. The van der Waals surface area contributed by atoms with E-state index in [1.54, 1.807) is 25.9 Å². The second-order valence-corrected chi connectivity index (χ2v) is 9.03. The molecular formula is C23H36N2O5. The molecule has 2 N–H and O–H groups in total. The van der Waals surface area contributed by atoms with E-state index in [9.17, 15) is 14.7 Å². The third-order valence-corrected chi connectivity index (χ3v) is 5.47. The van der Waals surface area contributed by atoms with Crippen LogP contribution in [-0.4, -0.2) is 59.5 Å². The zero-order valence-electron chi connectivity index (χ0n) is 18.9. The van der Waals surface area contributed by atoms with Gasteiger partial charge in [0.25, 0.3) is 0 Å². The van der Waals surface area contributed by atoms with E-state index >= 15 is 0 Å². The molecule has 0 unspecified atom stereocenters. The maximum atomic E-state index is 12.9. The Morgan fingerprint density at radius 2 is 1.83 bits per heavy atom. The van der Waals surface area contributed by atoms with E-state index in [4.69, 9.17) is 9.47 Å². The summed E-state index contributed by atoms with van der Waals surface area (Å²) in [7, 11) is 1.56. The fourth-order valence-corrected chi connectivity index (χ4v) is 3.90. The van der Waals surface area contributed by atoms with Crippen LogP contribution in [0.15, 0.2) is 30.3 Å². The van der Waals surface area contributed by atoms with E-state index in [1.165, 1.54) is 0 Å². The van der Waals surface area contributed by atoms with Crippen molar-refractivity contribution >= 4 is 12.0 Å². The lowest BCUT2D eigenvalue weighted by molar-refractivity contribution is -0.132. The zero-order valence-corrected chi connectivity index (χ0v) is 18.9. The van der Waals surface area contributed by atoms with Gasteiger partial charge in [0.05, 0.1) is 30.2 Å². The number of aliphatic hydroxyl groups is 1. The Kier molecular flexibility index (Phi) is 8.26. The minimum atomic E-state index is -0.812. The van der Waals surface area contributed by atoms with Crippen molar-refractivity contribution in [1.29, 1.82) is 0 Å². The van der Waals surface area contributed by atoms with Gasteiger partial charge in [0.2, 0.25) is 5.91 Å². The highest BCUT2D eigenvalue weighted by Crippen LogP contribution is 2.28. The quantitative estimate of drug-likeness (QED) is 0.707. The minimum Gasteiger partial charge on any atom is -0.444 e. The SMILES string of the molecule is CO[C@H]([C@@H](C)C(=O)N[C@H](C)[C@H](O)c1ccccc1)[C@@H]1CCCN1C(=O)OC(C)(C)C. The molecule has 7 heteroatoms. The molecule has 1 aliphatic heterocycles. The molecule has 0 aliphatic carbocycles. The van der Waals surface area contributed by atoms with E-state index in [0.29, 0.717) is 6.54 Å². The molecule has 2 rings (SSSR count). The summed E-state index contributed by atoms with van der Waals surface area (Å²) in [6.45, 7) is 9.64. The fraction of sp³-hybridized carbons (Fsp3) is 0.652. The first-order valence-corrected chi connectivity index (χ1v) is 10.6. The normalized spacial score (nSPS) is 20.9. The van der Waals surface area contributed by atoms with Gasteiger partial charge < -0.3 is 24.8 Å². The number of methoxy groups -OCH3 is 1. The zero-order chi connectivity index (χ0) is 22.5. The average molecular weight is 421 g/mol. The summed E-state index contributed by atoms with van der Waals surface area (Å²) < 4.78 is 11.2. The first kappa shape index (κ1) is 24.2. The molecule has 0 radical (unpaired) electrons. The molecule has 30 heavy (non-hydrogen) atoms. The maximum absolute atomic E-state index is 12.9. The fourth-order valence-electron chi connectivity index (χ4n) is 3.90. The summed E-state index contributed by atoms with van der Waals surface area (Å²) in [5, 5.41) is 13.4. The molecule has 1 fully saturated rings. The molecule has 0 bridgehead atoms. The summed E-state index contributed by atoms with van der Waals surface area (Å²) >= 11 is 0. The molecule has 0 saturated carbocycles. The van der Waals surface area contributed by atoms with Crippen LogP contribution in [0.1, 0.15) is 59.1 Å².